The molecule has 1 amide bonds. The van der Waals surface area contributed by atoms with Gasteiger partial charge in [-0.25, -0.2) is 4.21 Å². The molecule has 0 bridgehead atoms. The number of nitrogens with zero attached hydrogens (tertiary/aromatic N) is 2. The number of ether oxygens (including phenoxy) is 1. The van der Waals surface area contributed by atoms with Crippen molar-refractivity contribution in [3.8, 4) is 0 Å². The smallest absolute Gasteiger partial charge is 0.228 e. The first-order valence-electron chi connectivity index (χ1n) is 10.2. The van der Waals surface area contributed by atoms with Gasteiger partial charge in [0.2, 0.25) is 5.91 Å². The maximum Gasteiger partial charge on any atom is 0.228 e. The van der Waals surface area contributed by atoms with Gasteiger partial charge in [-0.3, -0.25) is 4.79 Å². The first kappa shape index (κ1) is 18.9. The summed E-state index contributed by atoms with van der Waals surface area (Å²) in [5.41, 5.74) is 0.331. The summed E-state index contributed by atoms with van der Waals surface area (Å²) >= 11 is 0. The van der Waals surface area contributed by atoms with Gasteiger partial charge in [0.1, 0.15) is 0 Å². The number of rotatable bonds is 3. The SMILES string of the molecule is CCC1(C(=O)N2CCOC3(CCS(=O)(=Nc4ccccc4)CC3)C2)CCC1. The van der Waals surface area contributed by atoms with Crippen molar-refractivity contribution in [1.82, 2.24) is 4.90 Å². The molecule has 0 radical (unpaired) electrons. The Labute approximate surface area is 162 Å². The second kappa shape index (κ2) is 7.21. The molecule has 27 heavy (non-hydrogen) atoms. The van der Waals surface area contributed by atoms with Crippen molar-refractivity contribution in [3.05, 3.63) is 30.3 Å². The van der Waals surface area contributed by atoms with Gasteiger partial charge in [-0.2, -0.15) is 4.36 Å². The van der Waals surface area contributed by atoms with E-state index in [9.17, 15) is 9.00 Å². The summed E-state index contributed by atoms with van der Waals surface area (Å²) in [7, 11) is -2.24. The first-order chi connectivity index (χ1) is 13.0. The average Bonchev–Trinajstić information content (AvgIpc) is 2.65. The summed E-state index contributed by atoms with van der Waals surface area (Å²) in [6, 6.07) is 9.58. The summed E-state index contributed by atoms with van der Waals surface area (Å²) in [4.78, 5) is 15.2. The zero-order valence-corrected chi connectivity index (χ0v) is 17.0. The van der Waals surface area contributed by atoms with Crippen molar-refractivity contribution in [2.24, 2.45) is 9.78 Å². The first-order valence-corrected chi connectivity index (χ1v) is 12.0. The van der Waals surface area contributed by atoms with Gasteiger partial charge in [0.05, 0.1) is 27.6 Å². The van der Waals surface area contributed by atoms with Gasteiger partial charge in [0, 0.05) is 30.0 Å². The quantitative estimate of drug-likeness (QED) is 0.790. The molecule has 4 rings (SSSR count). The third-order valence-corrected chi connectivity index (χ3v) is 8.99. The maximum atomic E-state index is 13.2. The molecule has 2 heterocycles. The Balaban J connectivity index is 1.45. The minimum absolute atomic E-state index is 0.122. The van der Waals surface area contributed by atoms with Crippen LogP contribution in [0.1, 0.15) is 45.4 Å². The van der Waals surface area contributed by atoms with E-state index in [1.165, 1.54) is 0 Å². The number of benzene rings is 1. The van der Waals surface area contributed by atoms with Crippen molar-refractivity contribution in [2.75, 3.05) is 31.2 Å². The summed E-state index contributed by atoms with van der Waals surface area (Å²) in [5.74, 6) is 1.41. The summed E-state index contributed by atoms with van der Waals surface area (Å²) < 4.78 is 23.9. The Hall–Kier alpha value is -1.40. The van der Waals surface area contributed by atoms with Crippen LogP contribution in [0.25, 0.3) is 0 Å². The molecule has 3 fully saturated rings. The van der Waals surface area contributed by atoms with Crippen LogP contribution in [-0.4, -0.2) is 51.8 Å². The maximum absolute atomic E-state index is 13.2. The van der Waals surface area contributed by atoms with E-state index in [-0.39, 0.29) is 11.0 Å². The molecule has 0 unspecified atom stereocenters. The third-order valence-electron chi connectivity index (χ3n) is 6.76. The second-order valence-corrected chi connectivity index (χ2v) is 10.9. The third kappa shape index (κ3) is 3.66. The van der Waals surface area contributed by atoms with Crippen LogP contribution in [0.15, 0.2) is 34.7 Å². The topological polar surface area (TPSA) is 59.0 Å². The number of hydrogen-bond donors (Lipinski definition) is 0. The average molecular weight is 391 g/mol. The van der Waals surface area contributed by atoms with E-state index < -0.39 is 9.73 Å². The standard InChI is InChI=1S/C21H30N2O3S/c1-2-20(9-6-10-20)19(24)23-13-14-26-21(17-23)11-15-27(25,16-12-21)22-18-7-4-3-5-8-18/h3-5,7-8H,2,6,9-17H2,1H3. The van der Waals surface area contributed by atoms with Crippen LogP contribution in [0, 0.1) is 5.41 Å². The van der Waals surface area contributed by atoms with Crippen LogP contribution in [0.4, 0.5) is 5.69 Å². The molecule has 0 atom stereocenters. The Morgan fingerprint density at radius 1 is 1.19 bits per heavy atom. The van der Waals surface area contributed by atoms with Gasteiger partial charge in [-0.1, -0.05) is 31.5 Å². The molecule has 3 aliphatic rings. The fourth-order valence-electron chi connectivity index (χ4n) is 4.67. The molecule has 1 spiro atoms. The fraction of sp³-hybridized carbons (Fsp3) is 0.667. The molecule has 0 aromatic heterocycles. The molecule has 6 heteroatoms. The molecule has 0 N–H and O–H groups in total. The van der Waals surface area contributed by atoms with Gasteiger partial charge in [0.15, 0.2) is 0 Å². The van der Waals surface area contributed by atoms with Crippen molar-refractivity contribution >= 4 is 21.3 Å². The van der Waals surface area contributed by atoms with E-state index in [1.807, 2.05) is 35.2 Å². The summed E-state index contributed by atoms with van der Waals surface area (Å²) in [6.07, 6.45) is 5.57. The van der Waals surface area contributed by atoms with Gasteiger partial charge in [0.25, 0.3) is 0 Å². The minimum atomic E-state index is -2.24. The van der Waals surface area contributed by atoms with Crippen LogP contribution in [0.5, 0.6) is 0 Å². The highest BCUT2D eigenvalue weighted by Crippen LogP contribution is 2.46. The van der Waals surface area contributed by atoms with E-state index in [4.69, 9.17) is 4.74 Å². The molecule has 2 saturated heterocycles. The minimum Gasteiger partial charge on any atom is -0.371 e. The lowest BCUT2D eigenvalue weighted by Gasteiger charge is -2.49. The monoisotopic (exact) mass is 390 g/mol. The van der Waals surface area contributed by atoms with Crippen LogP contribution < -0.4 is 0 Å². The highest BCUT2D eigenvalue weighted by atomic mass is 32.2. The molecule has 148 valence electrons. The number of hydrogen-bond acceptors (Lipinski definition) is 4. The predicted molar refractivity (Wildman–Crippen MR) is 107 cm³/mol. The Morgan fingerprint density at radius 3 is 2.48 bits per heavy atom. The summed E-state index contributed by atoms with van der Waals surface area (Å²) in [6.45, 7) is 4.05. The molecule has 1 aromatic carbocycles. The van der Waals surface area contributed by atoms with Gasteiger partial charge < -0.3 is 9.64 Å². The van der Waals surface area contributed by atoms with E-state index in [2.05, 4.69) is 11.3 Å². The molecule has 2 aliphatic heterocycles. The Kier molecular flexibility index (Phi) is 5.06. The Bertz CT molecular complexity index is 790. The summed E-state index contributed by atoms with van der Waals surface area (Å²) in [5, 5.41) is 0. The van der Waals surface area contributed by atoms with Crippen LogP contribution >= 0.6 is 0 Å². The highest BCUT2D eigenvalue weighted by molar-refractivity contribution is 7.93. The second-order valence-electron chi connectivity index (χ2n) is 8.35. The van der Waals surface area contributed by atoms with E-state index in [0.717, 1.165) is 31.4 Å². The van der Waals surface area contributed by atoms with Crippen molar-refractivity contribution in [3.63, 3.8) is 0 Å². The fourth-order valence-corrected chi connectivity index (χ4v) is 6.94. The van der Waals surface area contributed by atoms with Gasteiger partial charge >= 0.3 is 0 Å². The molecule has 1 aliphatic carbocycles. The lowest BCUT2D eigenvalue weighted by atomic mass is 9.66. The van der Waals surface area contributed by atoms with Gasteiger partial charge in [-0.15, -0.1) is 0 Å². The largest absolute Gasteiger partial charge is 0.371 e. The molecule has 1 saturated carbocycles. The van der Waals surface area contributed by atoms with E-state index in [1.54, 1.807) is 0 Å². The predicted octanol–water partition coefficient (Wildman–Crippen LogP) is 3.76. The molecular formula is C21H30N2O3S. The number of amides is 1. The Morgan fingerprint density at radius 2 is 1.89 bits per heavy atom. The van der Waals surface area contributed by atoms with Crippen molar-refractivity contribution in [2.45, 2.75) is 51.0 Å². The normalized spacial score (nSPS) is 32.7. The van der Waals surface area contributed by atoms with Crippen LogP contribution in [0.3, 0.4) is 0 Å². The zero-order chi connectivity index (χ0) is 19.0. The number of carbonyl (C=O) groups excluding carboxylic acids is 1. The van der Waals surface area contributed by atoms with Crippen LogP contribution in [-0.2, 0) is 19.3 Å². The van der Waals surface area contributed by atoms with Crippen LogP contribution in [0.2, 0.25) is 0 Å². The van der Waals surface area contributed by atoms with Crippen molar-refractivity contribution < 1.29 is 13.7 Å². The number of carbonyl (C=O) groups is 1. The molecule has 5 nitrogen and oxygen atoms in total. The van der Waals surface area contributed by atoms with E-state index >= 15 is 0 Å². The van der Waals surface area contributed by atoms with E-state index in [0.29, 0.717) is 50.0 Å². The molecular weight excluding hydrogens is 360 g/mol. The van der Waals surface area contributed by atoms with Crippen molar-refractivity contribution in [1.29, 1.82) is 0 Å². The zero-order valence-electron chi connectivity index (χ0n) is 16.2. The lowest BCUT2D eigenvalue weighted by molar-refractivity contribution is -0.166. The number of morpholine rings is 1. The lowest BCUT2D eigenvalue weighted by Crippen LogP contribution is -2.59. The molecule has 1 aromatic rings. The highest BCUT2D eigenvalue weighted by Gasteiger charge is 2.48. The van der Waals surface area contributed by atoms with Gasteiger partial charge in [-0.05, 0) is 44.2 Å².